The van der Waals surface area contributed by atoms with Crippen molar-refractivity contribution in [3.63, 3.8) is 0 Å². The number of rotatable bonds is 6. The van der Waals surface area contributed by atoms with E-state index in [0.29, 0.717) is 0 Å². The number of benzene rings is 10. The highest BCUT2D eigenvalue weighted by Crippen LogP contribution is 2.50. The first-order valence-corrected chi connectivity index (χ1v) is 21.0. The Balaban J connectivity index is 1.19. The molecule has 3 heteroatoms. The van der Waals surface area contributed by atoms with E-state index in [0.717, 1.165) is 28.3 Å². The van der Waals surface area contributed by atoms with Gasteiger partial charge in [0.15, 0.2) is 0 Å². The Morgan fingerprint density at radius 3 is 1.75 bits per heavy atom. The zero-order valence-corrected chi connectivity index (χ0v) is 32.9. The van der Waals surface area contributed by atoms with Crippen LogP contribution in [-0.4, -0.2) is 4.57 Å². The zero-order valence-electron chi connectivity index (χ0n) is 32.1. The lowest BCUT2D eigenvalue weighted by Gasteiger charge is -2.28. The molecule has 0 N–H and O–H groups in total. The predicted molar refractivity (Wildman–Crippen MR) is 254 cm³/mol. The van der Waals surface area contributed by atoms with E-state index in [1.807, 2.05) is 11.3 Å². The van der Waals surface area contributed by atoms with Gasteiger partial charge in [0.05, 0.1) is 22.4 Å². The molecule has 12 rings (SSSR count). The normalized spacial score (nSPS) is 11.7. The molecular weight excluding hydrogens is 733 g/mol. The zero-order chi connectivity index (χ0) is 38.9. The highest BCUT2D eigenvalue weighted by molar-refractivity contribution is 7.26. The van der Waals surface area contributed by atoms with E-state index in [1.165, 1.54) is 80.3 Å². The lowest BCUT2D eigenvalue weighted by Crippen LogP contribution is -2.11. The van der Waals surface area contributed by atoms with Crippen molar-refractivity contribution in [3.05, 3.63) is 218 Å². The summed E-state index contributed by atoms with van der Waals surface area (Å²) in [7, 11) is 0. The first-order valence-electron chi connectivity index (χ1n) is 20.2. The number of nitrogens with zero attached hydrogens (tertiary/aromatic N) is 2. The first kappa shape index (κ1) is 33.7. The second-order valence-electron chi connectivity index (χ2n) is 15.3. The van der Waals surface area contributed by atoms with Gasteiger partial charge in [-0.3, -0.25) is 0 Å². The summed E-state index contributed by atoms with van der Waals surface area (Å²) in [4.78, 5) is 2.53. The van der Waals surface area contributed by atoms with Gasteiger partial charge in [-0.25, -0.2) is 0 Å². The van der Waals surface area contributed by atoms with Crippen LogP contribution in [0.3, 0.4) is 0 Å². The van der Waals surface area contributed by atoms with Crippen molar-refractivity contribution >= 4 is 91.9 Å². The van der Waals surface area contributed by atoms with Crippen LogP contribution in [0.1, 0.15) is 0 Å². The van der Waals surface area contributed by atoms with Crippen molar-refractivity contribution in [1.82, 2.24) is 4.57 Å². The maximum atomic E-state index is 2.53. The third kappa shape index (κ3) is 5.47. The van der Waals surface area contributed by atoms with Gasteiger partial charge >= 0.3 is 0 Å². The monoisotopic (exact) mass is 768 g/mol. The average Bonchev–Trinajstić information content (AvgIpc) is 3.86. The van der Waals surface area contributed by atoms with Crippen molar-refractivity contribution in [2.75, 3.05) is 4.90 Å². The molecule has 0 spiro atoms. The predicted octanol–water partition coefficient (Wildman–Crippen LogP) is 16.3. The maximum Gasteiger partial charge on any atom is 0.0562 e. The van der Waals surface area contributed by atoms with E-state index in [-0.39, 0.29) is 0 Å². The van der Waals surface area contributed by atoms with E-state index in [4.69, 9.17) is 0 Å². The van der Waals surface area contributed by atoms with E-state index < -0.39 is 0 Å². The molecule has 0 amide bonds. The molecule has 12 aromatic rings. The topological polar surface area (TPSA) is 8.17 Å². The average molecular weight is 769 g/mol. The Morgan fingerprint density at radius 1 is 0.356 bits per heavy atom. The molecule has 0 saturated heterocycles. The van der Waals surface area contributed by atoms with Crippen LogP contribution in [0, 0.1) is 0 Å². The summed E-state index contributed by atoms with van der Waals surface area (Å²) >= 11 is 1.89. The molecule has 2 heterocycles. The fourth-order valence-corrected chi connectivity index (χ4v) is 10.5. The van der Waals surface area contributed by atoms with Gasteiger partial charge in [0, 0.05) is 42.3 Å². The minimum atomic E-state index is 1.11. The molecule has 0 aliphatic heterocycles. The largest absolute Gasteiger partial charge is 0.309 e. The van der Waals surface area contributed by atoms with Crippen LogP contribution in [0.15, 0.2) is 218 Å². The molecule has 0 aliphatic carbocycles. The van der Waals surface area contributed by atoms with E-state index in [1.54, 1.807) is 0 Å². The summed E-state index contributed by atoms with van der Waals surface area (Å²) in [5, 5.41) is 9.99. The summed E-state index contributed by atoms with van der Waals surface area (Å²) in [5.41, 5.74) is 11.7. The molecule has 10 aromatic carbocycles. The van der Waals surface area contributed by atoms with Crippen LogP contribution < -0.4 is 4.90 Å². The Bertz CT molecular complexity index is 3560. The quantitative estimate of drug-likeness (QED) is 0.164. The van der Waals surface area contributed by atoms with Gasteiger partial charge in [-0.05, 0) is 104 Å². The van der Waals surface area contributed by atoms with E-state index in [9.17, 15) is 0 Å². The smallest absolute Gasteiger partial charge is 0.0562 e. The lowest BCUT2D eigenvalue weighted by atomic mass is 10.0. The van der Waals surface area contributed by atoms with Crippen molar-refractivity contribution < 1.29 is 0 Å². The molecule has 0 atom stereocenters. The molecular formula is C56H36N2S. The van der Waals surface area contributed by atoms with Crippen molar-refractivity contribution in [3.8, 4) is 27.9 Å². The molecule has 0 unspecified atom stereocenters. The van der Waals surface area contributed by atoms with Crippen LogP contribution in [0.25, 0.3) is 91.5 Å². The van der Waals surface area contributed by atoms with Crippen LogP contribution in [0.5, 0.6) is 0 Å². The van der Waals surface area contributed by atoms with Crippen molar-refractivity contribution in [1.29, 1.82) is 0 Å². The number of anilines is 3. The minimum absolute atomic E-state index is 1.11. The SMILES string of the molecule is c1ccc(-c2cccc(N(c3cccc4sc5c6ccccc6ccc5c34)c3cccc4c3c3cc5ccccc5cc3n4-c3cccc(-c4ccccc4)c3)c2)cc1. The van der Waals surface area contributed by atoms with Gasteiger partial charge in [0.25, 0.3) is 0 Å². The number of hydrogen-bond donors (Lipinski definition) is 0. The summed E-state index contributed by atoms with van der Waals surface area (Å²) in [6.07, 6.45) is 0. The highest BCUT2D eigenvalue weighted by atomic mass is 32.1. The van der Waals surface area contributed by atoms with Crippen LogP contribution in [0.2, 0.25) is 0 Å². The maximum absolute atomic E-state index is 2.53. The Labute approximate surface area is 346 Å². The molecule has 0 aliphatic rings. The van der Waals surface area contributed by atoms with Crippen LogP contribution in [-0.2, 0) is 0 Å². The van der Waals surface area contributed by atoms with Gasteiger partial charge in [0.2, 0.25) is 0 Å². The third-order valence-corrected chi connectivity index (χ3v) is 13.1. The first-order chi connectivity index (χ1) is 29.3. The minimum Gasteiger partial charge on any atom is -0.309 e. The van der Waals surface area contributed by atoms with Gasteiger partial charge in [0.1, 0.15) is 0 Å². The summed E-state index contributed by atoms with van der Waals surface area (Å²) in [6, 6.07) is 80.0. The second kappa shape index (κ2) is 13.6. The lowest BCUT2D eigenvalue weighted by molar-refractivity contribution is 1.18. The number of fused-ring (bicyclic) bond motifs is 9. The van der Waals surface area contributed by atoms with Gasteiger partial charge in [-0.15, -0.1) is 11.3 Å². The second-order valence-corrected chi connectivity index (χ2v) is 16.4. The number of hydrogen-bond acceptors (Lipinski definition) is 2. The molecule has 276 valence electrons. The molecule has 2 aromatic heterocycles. The molecule has 2 nitrogen and oxygen atoms in total. The highest BCUT2D eigenvalue weighted by Gasteiger charge is 2.25. The van der Waals surface area contributed by atoms with Gasteiger partial charge in [-0.2, -0.15) is 0 Å². The number of thiophene rings is 1. The fourth-order valence-electron chi connectivity index (χ4n) is 9.24. The van der Waals surface area contributed by atoms with Crippen LogP contribution >= 0.6 is 11.3 Å². The fraction of sp³-hybridized carbons (Fsp3) is 0. The standard InChI is InChI=1S/C56H36N2S/c1-3-15-37(16-4-1)40-22-11-24-44(33-40)57(51-29-14-30-53-55(51)47-32-31-39-19-9-10-26-46(39)56(47)59-53)49-27-13-28-50-54(49)48-35-42-20-7-8-21-43(42)36-52(48)58(50)45-25-12-23-41(34-45)38-17-5-2-6-18-38/h1-36H. The molecule has 0 bridgehead atoms. The van der Waals surface area contributed by atoms with Crippen LogP contribution in [0.4, 0.5) is 17.1 Å². The molecule has 0 fully saturated rings. The summed E-state index contributed by atoms with van der Waals surface area (Å²) in [6.45, 7) is 0. The Hall–Kier alpha value is -7.46. The van der Waals surface area contributed by atoms with Gasteiger partial charge in [-0.1, -0.05) is 158 Å². The van der Waals surface area contributed by atoms with E-state index >= 15 is 0 Å². The summed E-state index contributed by atoms with van der Waals surface area (Å²) < 4.78 is 5.07. The molecule has 0 radical (unpaired) electrons. The number of aromatic nitrogens is 1. The Kier molecular flexibility index (Phi) is 7.75. The van der Waals surface area contributed by atoms with Gasteiger partial charge < -0.3 is 9.47 Å². The third-order valence-electron chi connectivity index (χ3n) is 11.9. The van der Waals surface area contributed by atoms with Crippen molar-refractivity contribution in [2.24, 2.45) is 0 Å². The molecule has 0 saturated carbocycles. The van der Waals surface area contributed by atoms with E-state index in [2.05, 4.69) is 228 Å². The Morgan fingerprint density at radius 2 is 0.966 bits per heavy atom. The molecule has 59 heavy (non-hydrogen) atoms. The van der Waals surface area contributed by atoms with Crippen molar-refractivity contribution in [2.45, 2.75) is 0 Å². The summed E-state index contributed by atoms with van der Waals surface area (Å²) in [5.74, 6) is 0.